The summed E-state index contributed by atoms with van der Waals surface area (Å²) in [6, 6.07) is 1.53. The summed E-state index contributed by atoms with van der Waals surface area (Å²) in [5.74, 6) is 0. The van der Waals surface area contributed by atoms with Crippen LogP contribution in [-0.2, 0) is 0 Å². The molecule has 0 fully saturated rings. The molecule has 1 aromatic heterocycles. The van der Waals surface area contributed by atoms with Crippen molar-refractivity contribution in [3.05, 3.63) is 18.0 Å². The molecule has 0 N–H and O–H groups in total. The minimum absolute atomic E-state index is 0.607. The van der Waals surface area contributed by atoms with Crippen LogP contribution in [0, 0.1) is 6.92 Å². The molecule has 0 spiro atoms. The molecule has 78 valence electrons. The van der Waals surface area contributed by atoms with Crippen molar-refractivity contribution in [3.8, 4) is 0 Å². The third kappa shape index (κ3) is 6.25. The van der Waals surface area contributed by atoms with Crippen LogP contribution in [-0.4, -0.2) is 9.78 Å². The van der Waals surface area contributed by atoms with Crippen LogP contribution in [0.2, 0.25) is 0 Å². The lowest BCUT2D eigenvalue weighted by molar-refractivity contribution is 0.0563. The molecule has 1 aromatic rings. The lowest BCUT2D eigenvalue weighted by Crippen LogP contribution is -1.97. The van der Waals surface area contributed by atoms with Crippen molar-refractivity contribution in [1.82, 2.24) is 9.78 Å². The zero-order valence-corrected chi connectivity index (χ0v) is 8.88. The van der Waals surface area contributed by atoms with Gasteiger partial charge in [0.1, 0.15) is 0 Å². The minimum atomic E-state index is -2.52. The third-order valence-corrected chi connectivity index (χ3v) is 0.942. The van der Waals surface area contributed by atoms with Gasteiger partial charge in [-0.15, -0.1) is 0 Å². The van der Waals surface area contributed by atoms with E-state index in [9.17, 15) is 8.78 Å². The lowest BCUT2D eigenvalue weighted by Gasteiger charge is -1.94. The Morgan fingerprint density at radius 2 is 1.69 bits per heavy atom. The molecule has 1 heterocycles. The Bertz CT molecular complexity index is 197. The molecular formula is C9H18F2N2. The molecule has 2 nitrogen and oxygen atoms in total. The van der Waals surface area contributed by atoms with E-state index in [1.54, 1.807) is 6.92 Å². The smallest absolute Gasteiger partial charge is 0.211 e. The zero-order chi connectivity index (χ0) is 10.9. The van der Waals surface area contributed by atoms with Gasteiger partial charge in [0.2, 0.25) is 0 Å². The summed E-state index contributed by atoms with van der Waals surface area (Å²) in [5, 5.41) is 3.48. The van der Waals surface area contributed by atoms with Gasteiger partial charge in [-0.2, -0.15) is 13.9 Å². The second-order valence-electron chi connectivity index (χ2n) is 1.71. The molecule has 4 heteroatoms. The van der Waals surface area contributed by atoms with Gasteiger partial charge in [-0.05, 0) is 13.0 Å². The van der Waals surface area contributed by atoms with Crippen LogP contribution in [0.3, 0.4) is 0 Å². The van der Waals surface area contributed by atoms with Gasteiger partial charge in [-0.1, -0.05) is 27.7 Å². The van der Waals surface area contributed by atoms with Crippen LogP contribution in [0.5, 0.6) is 0 Å². The van der Waals surface area contributed by atoms with E-state index in [1.165, 1.54) is 12.3 Å². The van der Waals surface area contributed by atoms with Gasteiger partial charge in [0.25, 0.3) is 0 Å². The number of hydrogen-bond donors (Lipinski definition) is 0. The van der Waals surface area contributed by atoms with Crippen LogP contribution in [0.1, 0.15) is 39.9 Å². The summed E-state index contributed by atoms with van der Waals surface area (Å²) < 4.78 is 24.0. The molecule has 1 rings (SSSR count). The topological polar surface area (TPSA) is 17.8 Å². The molecule has 0 radical (unpaired) electrons. The molecule has 0 aromatic carbocycles. The number of hydrogen-bond acceptors (Lipinski definition) is 1. The van der Waals surface area contributed by atoms with Gasteiger partial charge in [0.05, 0.1) is 5.69 Å². The van der Waals surface area contributed by atoms with Crippen molar-refractivity contribution in [1.29, 1.82) is 0 Å². The summed E-state index contributed by atoms with van der Waals surface area (Å²) in [5.41, 5.74) is 0.607. The second-order valence-corrected chi connectivity index (χ2v) is 1.71. The number of alkyl halides is 2. The molecule has 0 unspecified atom stereocenters. The van der Waals surface area contributed by atoms with E-state index in [-0.39, 0.29) is 0 Å². The predicted molar refractivity (Wildman–Crippen MR) is 50.9 cm³/mol. The summed E-state index contributed by atoms with van der Waals surface area (Å²) in [6.45, 7) is 7.15. The predicted octanol–water partition coefficient (Wildman–Crippen LogP) is 3.64. The Kier molecular flexibility index (Phi) is 10.3. The van der Waals surface area contributed by atoms with Gasteiger partial charge in [0, 0.05) is 6.20 Å². The first-order valence-electron chi connectivity index (χ1n) is 4.50. The molecule has 0 aliphatic rings. The van der Waals surface area contributed by atoms with Crippen molar-refractivity contribution >= 4 is 0 Å². The average molecular weight is 192 g/mol. The van der Waals surface area contributed by atoms with E-state index in [4.69, 9.17) is 0 Å². The quantitative estimate of drug-likeness (QED) is 0.664. The second kappa shape index (κ2) is 9.16. The largest absolute Gasteiger partial charge is 0.333 e. The Hall–Kier alpha value is -0.930. The first-order valence-corrected chi connectivity index (χ1v) is 4.50. The van der Waals surface area contributed by atoms with Gasteiger partial charge in [0.15, 0.2) is 0 Å². The van der Waals surface area contributed by atoms with E-state index >= 15 is 0 Å². The average Bonchev–Trinajstić information content (AvgIpc) is 2.59. The van der Waals surface area contributed by atoms with E-state index in [0.29, 0.717) is 10.4 Å². The fourth-order valence-electron chi connectivity index (χ4n) is 0.542. The highest BCUT2D eigenvalue weighted by molar-refractivity contribution is 4.94. The highest BCUT2D eigenvalue weighted by atomic mass is 19.3. The van der Waals surface area contributed by atoms with Crippen molar-refractivity contribution in [2.45, 2.75) is 41.2 Å². The molecule has 0 atom stereocenters. The number of nitrogens with zero attached hydrogens (tertiary/aromatic N) is 2. The molecule has 0 aliphatic carbocycles. The molecule has 0 bridgehead atoms. The van der Waals surface area contributed by atoms with Crippen LogP contribution >= 0.6 is 0 Å². The van der Waals surface area contributed by atoms with Crippen LogP contribution in [0.4, 0.5) is 8.78 Å². The lowest BCUT2D eigenvalue weighted by atomic mass is 10.5. The molecular weight excluding hydrogens is 174 g/mol. The summed E-state index contributed by atoms with van der Waals surface area (Å²) in [4.78, 5) is 0. The van der Waals surface area contributed by atoms with Crippen molar-refractivity contribution in [2.24, 2.45) is 0 Å². The standard InChI is InChI=1S/C5H6F2N2.2C2H6/c1-4-2-3-9(8-4)5(6)7;2*1-2/h2-3,5H,1H3;2*1-2H3. The van der Waals surface area contributed by atoms with Gasteiger partial charge in [-0.25, -0.2) is 4.68 Å². The molecule has 0 aliphatic heterocycles. The summed E-state index contributed by atoms with van der Waals surface area (Å²) >= 11 is 0. The molecule has 0 saturated heterocycles. The van der Waals surface area contributed by atoms with Crippen molar-refractivity contribution < 1.29 is 8.78 Å². The van der Waals surface area contributed by atoms with E-state index in [1.807, 2.05) is 27.7 Å². The third-order valence-electron chi connectivity index (χ3n) is 0.942. The Morgan fingerprint density at radius 1 is 1.23 bits per heavy atom. The maximum absolute atomic E-state index is 11.7. The maximum atomic E-state index is 11.7. The minimum Gasteiger partial charge on any atom is -0.211 e. The maximum Gasteiger partial charge on any atom is 0.333 e. The summed E-state index contributed by atoms with van der Waals surface area (Å²) in [6.07, 6.45) is 1.25. The molecule has 13 heavy (non-hydrogen) atoms. The van der Waals surface area contributed by atoms with Crippen molar-refractivity contribution in [3.63, 3.8) is 0 Å². The Balaban J connectivity index is 0. The Morgan fingerprint density at radius 3 is 1.85 bits per heavy atom. The number of halogens is 2. The van der Waals surface area contributed by atoms with Crippen molar-refractivity contribution in [2.75, 3.05) is 0 Å². The summed E-state index contributed by atoms with van der Waals surface area (Å²) in [7, 11) is 0. The molecule has 0 amide bonds. The number of rotatable bonds is 1. The highest BCUT2D eigenvalue weighted by Gasteiger charge is 2.03. The van der Waals surface area contributed by atoms with Crippen LogP contribution in [0.15, 0.2) is 12.3 Å². The molecule has 0 saturated carbocycles. The van der Waals surface area contributed by atoms with Gasteiger partial charge < -0.3 is 0 Å². The zero-order valence-electron chi connectivity index (χ0n) is 8.88. The van der Waals surface area contributed by atoms with Crippen LogP contribution < -0.4 is 0 Å². The SMILES string of the molecule is CC.CC.Cc1ccn(C(F)F)n1. The monoisotopic (exact) mass is 192 g/mol. The highest BCUT2D eigenvalue weighted by Crippen LogP contribution is 2.07. The van der Waals surface area contributed by atoms with Gasteiger partial charge >= 0.3 is 6.55 Å². The van der Waals surface area contributed by atoms with E-state index in [2.05, 4.69) is 5.10 Å². The Labute approximate surface area is 78.6 Å². The fraction of sp³-hybridized carbons (Fsp3) is 0.667. The normalized spacial score (nSPS) is 8.31. The first-order chi connectivity index (χ1) is 6.20. The first kappa shape index (κ1) is 14.6. The van der Waals surface area contributed by atoms with Crippen LogP contribution in [0.25, 0.3) is 0 Å². The van der Waals surface area contributed by atoms with E-state index in [0.717, 1.165) is 0 Å². The van der Waals surface area contributed by atoms with Gasteiger partial charge in [-0.3, -0.25) is 0 Å². The van der Waals surface area contributed by atoms with E-state index < -0.39 is 6.55 Å². The fourth-order valence-corrected chi connectivity index (χ4v) is 0.542. The number of aromatic nitrogens is 2. The number of aryl methyl sites for hydroxylation is 1.